The van der Waals surface area contributed by atoms with Crippen LogP contribution in [-0.2, 0) is 17.9 Å². The lowest BCUT2D eigenvalue weighted by molar-refractivity contribution is -0.132. The molecule has 1 fully saturated rings. The molecule has 8 heteroatoms. The second-order valence-corrected chi connectivity index (χ2v) is 7.60. The van der Waals surface area contributed by atoms with Crippen molar-refractivity contribution in [1.82, 2.24) is 20.2 Å². The van der Waals surface area contributed by atoms with Crippen LogP contribution in [0.25, 0.3) is 0 Å². The highest BCUT2D eigenvalue weighted by atomic mass is 16.5. The maximum absolute atomic E-state index is 12.9. The van der Waals surface area contributed by atoms with Crippen molar-refractivity contribution >= 4 is 17.5 Å². The van der Waals surface area contributed by atoms with Crippen LogP contribution < -0.4 is 20.3 Å². The Morgan fingerprint density at radius 2 is 2.07 bits per heavy atom. The van der Waals surface area contributed by atoms with E-state index in [1.807, 2.05) is 41.1 Å². The lowest BCUT2D eigenvalue weighted by Crippen LogP contribution is -2.49. The van der Waals surface area contributed by atoms with E-state index in [1.54, 1.807) is 13.4 Å². The van der Waals surface area contributed by atoms with Gasteiger partial charge in [-0.2, -0.15) is 0 Å². The zero-order chi connectivity index (χ0) is 20.2. The molecular formula is C21H28N6O2. The molecule has 4 rings (SSSR count). The van der Waals surface area contributed by atoms with E-state index in [2.05, 4.69) is 20.6 Å². The number of methoxy groups -OCH3 is 1. The molecule has 0 bridgehead atoms. The zero-order valence-corrected chi connectivity index (χ0v) is 17.0. The number of fused-ring (bicyclic) bond motifs is 1. The molecule has 8 nitrogen and oxygen atoms in total. The summed E-state index contributed by atoms with van der Waals surface area (Å²) in [4.78, 5) is 25.8. The van der Waals surface area contributed by atoms with Gasteiger partial charge in [0, 0.05) is 26.2 Å². The number of amides is 1. The van der Waals surface area contributed by atoms with Gasteiger partial charge in [-0.25, -0.2) is 9.97 Å². The minimum atomic E-state index is 0.139. The van der Waals surface area contributed by atoms with E-state index >= 15 is 0 Å². The molecule has 1 amide bonds. The van der Waals surface area contributed by atoms with Crippen LogP contribution >= 0.6 is 0 Å². The number of likely N-dealkylation sites (N-methyl/N-ethyl adjacent to an activating group) is 1. The maximum atomic E-state index is 12.9. The normalized spacial score (nSPS) is 19.5. The van der Waals surface area contributed by atoms with Crippen molar-refractivity contribution in [3.63, 3.8) is 0 Å². The van der Waals surface area contributed by atoms with Crippen LogP contribution in [0, 0.1) is 0 Å². The summed E-state index contributed by atoms with van der Waals surface area (Å²) in [6.07, 6.45) is 3.68. The Morgan fingerprint density at radius 1 is 1.24 bits per heavy atom. The van der Waals surface area contributed by atoms with Gasteiger partial charge < -0.3 is 25.2 Å². The topological polar surface area (TPSA) is 82.6 Å². The number of nitrogens with zero attached hydrogens (tertiary/aromatic N) is 4. The molecule has 3 heterocycles. The number of carbonyl (C=O) groups is 1. The van der Waals surface area contributed by atoms with Crippen LogP contribution in [0.15, 0.2) is 30.6 Å². The summed E-state index contributed by atoms with van der Waals surface area (Å²) < 4.78 is 5.22. The molecule has 0 radical (unpaired) electrons. The molecule has 0 aliphatic carbocycles. The number of ether oxygens (including phenoxy) is 1. The van der Waals surface area contributed by atoms with Gasteiger partial charge in [0.25, 0.3) is 0 Å². The van der Waals surface area contributed by atoms with Gasteiger partial charge in [-0.3, -0.25) is 4.79 Å². The summed E-state index contributed by atoms with van der Waals surface area (Å²) in [5.74, 6) is 2.57. The van der Waals surface area contributed by atoms with E-state index in [1.165, 1.54) is 0 Å². The fourth-order valence-corrected chi connectivity index (χ4v) is 4.02. The Morgan fingerprint density at radius 3 is 2.79 bits per heavy atom. The number of hydrogen-bond donors (Lipinski definition) is 2. The first-order chi connectivity index (χ1) is 14.2. The van der Waals surface area contributed by atoms with E-state index in [4.69, 9.17) is 4.74 Å². The molecule has 1 unspecified atom stereocenters. The van der Waals surface area contributed by atoms with Crippen molar-refractivity contribution in [1.29, 1.82) is 0 Å². The smallest absolute Gasteiger partial charge is 0.242 e. The molecule has 29 heavy (non-hydrogen) atoms. The maximum Gasteiger partial charge on any atom is 0.242 e. The quantitative estimate of drug-likeness (QED) is 0.795. The Hall–Kier alpha value is -2.87. The molecule has 0 spiro atoms. The first-order valence-electron chi connectivity index (χ1n) is 10.1. The fourth-order valence-electron chi connectivity index (χ4n) is 4.02. The molecule has 1 saturated heterocycles. The van der Waals surface area contributed by atoms with Gasteiger partial charge in [-0.15, -0.1) is 0 Å². The number of benzene rings is 1. The molecule has 2 aliphatic heterocycles. The van der Waals surface area contributed by atoms with Crippen molar-refractivity contribution in [2.75, 3.05) is 44.0 Å². The molecule has 2 aliphatic rings. The standard InChI is InChI=1S/C21H28N6O2/c1-26-13-19(28)27(16-4-3-9-22-11-16)12-18-20(24-14-25-21(18)26)23-10-15-5-7-17(29-2)8-6-15/h5-8,14,16,22H,3-4,9-13H2,1-2H3,(H,23,24,25). The van der Waals surface area contributed by atoms with Gasteiger partial charge in [-0.05, 0) is 37.1 Å². The van der Waals surface area contributed by atoms with Crippen LogP contribution in [0.1, 0.15) is 24.0 Å². The summed E-state index contributed by atoms with van der Waals surface area (Å²) in [6.45, 7) is 3.35. The van der Waals surface area contributed by atoms with E-state index in [9.17, 15) is 4.79 Å². The van der Waals surface area contributed by atoms with Gasteiger partial charge in [0.05, 0.1) is 25.8 Å². The molecule has 2 N–H and O–H groups in total. The van der Waals surface area contributed by atoms with Crippen molar-refractivity contribution in [2.45, 2.75) is 32.0 Å². The molecule has 2 aromatic rings. The summed E-state index contributed by atoms with van der Waals surface area (Å²) in [5.41, 5.74) is 2.10. The summed E-state index contributed by atoms with van der Waals surface area (Å²) in [5, 5.41) is 6.86. The molecule has 0 saturated carbocycles. The average molecular weight is 396 g/mol. The zero-order valence-electron chi connectivity index (χ0n) is 17.0. The molecule has 1 aromatic carbocycles. The van der Waals surface area contributed by atoms with Crippen LogP contribution in [0.2, 0.25) is 0 Å². The monoisotopic (exact) mass is 396 g/mol. The summed E-state index contributed by atoms with van der Waals surface area (Å²) in [6, 6.07) is 8.16. The number of anilines is 2. The van der Waals surface area contributed by atoms with Crippen molar-refractivity contribution in [2.24, 2.45) is 0 Å². The minimum absolute atomic E-state index is 0.139. The molecule has 1 aromatic heterocycles. The highest BCUT2D eigenvalue weighted by molar-refractivity contribution is 5.84. The van der Waals surface area contributed by atoms with E-state index in [0.29, 0.717) is 19.6 Å². The van der Waals surface area contributed by atoms with Crippen molar-refractivity contribution in [3.05, 3.63) is 41.7 Å². The second-order valence-electron chi connectivity index (χ2n) is 7.60. The lowest BCUT2D eigenvalue weighted by Gasteiger charge is -2.34. The van der Waals surface area contributed by atoms with E-state index < -0.39 is 0 Å². The predicted octanol–water partition coefficient (Wildman–Crippen LogP) is 1.63. The van der Waals surface area contributed by atoms with Crippen molar-refractivity contribution < 1.29 is 9.53 Å². The highest BCUT2D eigenvalue weighted by Gasteiger charge is 2.32. The fraction of sp³-hybridized carbons (Fsp3) is 0.476. The first kappa shape index (κ1) is 19.4. The Kier molecular flexibility index (Phi) is 5.80. The molecule has 1 atom stereocenters. The van der Waals surface area contributed by atoms with Crippen LogP contribution in [0.4, 0.5) is 11.6 Å². The van der Waals surface area contributed by atoms with Gasteiger partial charge in [0.2, 0.25) is 5.91 Å². The number of rotatable bonds is 5. The largest absolute Gasteiger partial charge is 0.497 e. The highest BCUT2D eigenvalue weighted by Crippen LogP contribution is 2.29. The minimum Gasteiger partial charge on any atom is -0.497 e. The molecule has 154 valence electrons. The summed E-state index contributed by atoms with van der Waals surface area (Å²) in [7, 11) is 3.58. The number of carbonyl (C=O) groups excluding carboxylic acids is 1. The van der Waals surface area contributed by atoms with Gasteiger partial charge in [-0.1, -0.05) is 12.1 Å². The number of hydrogen-bond acceptors (Lipinski definition) is 7. The van der Waals surface area contributed by atoms with E-state index in [0.717, 1.165) is 54.4 Å². The first-order valence-corrected chi connectivity index (χ1v) is 10.1. The third kappa shape index (κ3) is 4.27. The van der Waals surface area contributed by atoms with Crippen LogP contribution in [0.3, 0.4) is 0 Å². The number of aromatic nitrogens is 2. The van der Waals surface area contributed by atoms with E-state index in [-0.39, 0.29) is 11.9 Å². The summed E-state index contributed by atoms with van der Waals surface area (Å²) >= 11 is 0. The Bertz CT molecular complexity index is 851. The third-order valence-electron chi connectivity index (χ3n) is 5.64. The van der Waals surface area contributed by atoms with Crippen LogP contribution in [0.5, 0.6) is 5.75 Å². The second kappa shape index (κ2) is 8.65. The predicted molar refractivity (Wildman–Crippen MR) is 112 cm³/mol. The van der Waals surface area contributed by atoms with Gasteiger partial charge in [0.15, 0.2) is 0 Å². The van der Waals surface area contributed by atoms with Crippen LogP contribution in [-0.4, -0.2) is 60.6 Å². The van der Waals surface area contributed by atoms with Gasteiger partial charge >= 0.3 is 0 Å². The Labute approximate surface area is 171 Å². The average Bonchev–Trinajstić information content (AvgIpc) is 2.89. The Balaban J connectivity index is 1.57. The molecular weight excluding hydrogens is 368 g/mol. The lowest BCUT2D eigenvalue weighted by atomic mass is 10.0. The number of piperidine rings is 1. The SMILES string of the molecule is COc1ccc(CNc2ncnc3c2CN(C2CCCNC2)C(=O)CN3C)cc1. The van der Waals surface area contributed by atoms with Crippen molar-refractivity contribution in [3.8, 4) is 5.75 Å². The van der Waals surface area contributed by atoms with Gasteiger partial charge in [0.1, 0.15) is 23.7 Å². The third-order valence-corrected chi connectivity index (χ3v) is 5.64. The number of nitrogens with one attached hydrogen (secondary N) is 2.